The van der Waals surface area contributed by atoms with Gasteiger partial charge in [-0.15, -0.1) is 0 Å². The Morgan fingerprint density at radius 3 is 2.78 bits per heavy atom. The van der Waals surface area contributed by atoms with Crippen molar-refractivity contribution in [2.75, 3.05) is 12.4 Å². The maximum absolute atomic E-state index is 12.3. The molecule has 2 fully saturated rings. The molecule has 0 aliphatic heterocycles. The first-order valence-electron chi connectivity index (χ1n) is 11.7. The minimum atomic E-state index is -0.458. The highest BCUT2D eigenvalue weighted by Gasteiger charge is 2.40. The molecule has 0 saturated heterocycles. The van der Waals surface area contributed by atoms with Crippen LogP contribution in [0, 0.1) is 23.7 Å². The zero-order valence-corrected chi connectivity index (χ0v) is 19.0. The van der Waals surface area contributed by atoms with Crippen molar-refractivity contribution in [3.05, 3.63) is 48.3 Å². The highest BCUT2D eigenvalue weighted by atomic mass is 16.5. The third-order valence-electron chi connectivity index (χ3n) is 7.53. The van der Waals surface area contributed by atoms with Gasteiger partial charge in [-0.1, -0.05) is 32.0 Å². The molecule has 2 aliphatic carbocycles. The number of nitrogens with zero attached hydrogens (tertiary/aromatic N) is 2. The molecular formula is C26H32N4O2. The van der Waals surface area contributed by atoms with Crippen molar-refractivity contribution in [1.29, 1.82) is 0 Å². The Balaban J connectivity index is 1.58. The van der Waals surface area contributed by atoms with E-state index in [2.05, 4.69) is 30.3 Å². The maximum atomic E-state index is 12.3. The number of carbonyl (C=O) groups is 1. The van der Waals surface area contributed by atoms with E-state index in [0.29, 0.717) is 23.4 Å². The van der Waals surface area contributed by atoms with E-state index in [1.807, 2.05) is 35.0 Å². The second-order valence-electron chi connectivity index (χ2n) is 9.88. The number of rotatable bonds is 5. The summed E-state index contributed by atoms with van der Waals surface area (Å²) in [6.07, 6.45) is 8.65. The quantitative estimate of drug-likeness (QED) is 0.596. The van der Waals surface area contributed by atoms with Gasteiger partial charge in [0.25, 0.3) is 5.91 Å². The van der Waals surface area contributed by atoms with Crippen LogP contribution in [0.15, 0.2) is 42.7 Å². The Hall–Kier alpha value is -3.02. The normalized spacial score (nSPS) is 27.3. The van der Waals surface area contributed by atoms with Crippen LogP contribution in [-0.2, 0) is 0 Å². The number of hydrogen-bond donors (Lipinski definition) is 2. The number of amides is 1. The first-order chi connectivity index (χ1) is 15.4. The van der Waals surface area contributed by atoms with Crippen LogP contribution in [0.25, 0.3) is 16.6 Å². The number of anilines is 1. The molecule has 5 unspecified atom stereocenters. The molecule has 3 aromatic rings. The van der Waals surface area contributed by atoms with Crippen LogP contribution in [0.5, 0.6) is 5.75 Å². The minimum absolute atomic E-state index is 0.322. The smallest absolute Gasteiger partial charge is 0.252 e. The highest BCUT2D eigenvalue weighted by Crippen LogP contribution is 2.46. The molecule has 6 heteroatoms. The molecule has 2 bridgehead atoms. The second kappa shape index (κ2) is 8.15. The fourth-order valence-electron chi connectivity index (χ4n) is 6.28. The van der Waals surface area contributed by atoms with Gasteiger partial charge in [-0.3, -0.25) is 4.79 Å². The number of para-hydroxylation sites is 1. The number of carbonyl (C=O) groups excluding carboxylic acids is 1. The van der Waals surface area contributed by atoms with E-state index in [4.69, 9.17) is 10.5 Å². The number of primary amides is 1. The molecular weight excluding hydrogens is 400 g/mol. The average Bonchev–Trinajstić information content (AvgIpc) is 3.20. The van der Waals surface area contributed by atoms with Crippen LogP contribution in [0.1, 0.15) is 49.9 Å². The van der Waals surface area contributed by atoms with Crippen molar-refractivity contribution in [2.45, 2.75) is 45.6 Å². The van der Waals surface area contributed by atoms with Crippen molar-refractivity contribution in [2.24, 2.45) is 29.4 Å². The van der Waals surface area contributed by atoms with Crippen LogP contribution < -0.4 is 15.8 Å². The number of methoxy groups -OCH3 is 1. The SMILES string of the molecule is COc1ccccc1-c1cc2c(NC3C(C)CC4CC(C)CC3C4)c(C(N)=O)cnn2c1. The number of ether oxygens (including phenoxy) is 1. The van der Waals surface area contributed by atoms with Crippen molar-refractivity contribution in [3.8, 4) is 16.9 Å². The summed E-state index contributed by atoms with van der Waals surface area (Å²) in [5.41, 5.74) is 9.86. The van der Waals surface area contributed by atoms with E-state index in [0.717, 1.165) is 39.9 Å². The van der Waals surface area contributed by atoms with Crippen LogP contribution in [0.3, 0.4) is 0 Å². The Morgan fingerprint density at radius 1 is 1.19 bits per heavy atom. The van der Waals surface area contributed by atoms with Gasteiger partial charge in [0.2, 0.25) is 0 Å². The summed E-state index contributed by atoms with van der Waals surface area (Å²) in [4.78, 5) is 12.3. The fourth-order valence-corrected chi connectivity index (χ4v) is 6.28. The Morgan fingerprint density at radius 2 is 2.00 bits per heavy atom. The number of hydrogen-bond acceptors (Lipinski definition) is 4. The third-order valence-corrected chi connectivity index (χ3v) is 7.53. The first-order valence-corrected chi connectivity index (χ1v) is 11.7. The lowest BCUT2D eigenvalue weighted by Gasteiger charge is -2.47. The Kier molecular flexibility index (Phi) is 5.31. The first kappa shape index (κ1) is 20.9. The number of aromatic nitrogens is 2. The molecule has 5 atom stereocenters. The highest BCUT2D eigenvalue weighted by molar-refractivity contribution is 6.02. The zero-order valence-electron chi connectivity index (χ0n) is 19.0. The number of nitrogens with two attached hydrogens (primary N) is 1. The molecule has 168 valence electrons. The van der Waals surface area contributed by atoms with E-state index in [9.17, 15) is 4.79 Å². The Labute approximate surface area is 189 Å². The predicted octanol–water partition coefficient (Wildman–Crippen LogP) is 4.98. The van der Waals surface area contributed by atoms with Crippen LogP contribution in [0.4, 0.5) is 5.69 Å². The van der Waals surface area contributed by atoms with Gasteiger partial charge in [0.1, 0.15) is 5.75 Å². The van der Waals surface area contributed by atoms with E-state index in [1.165, 1.54) is 25.7 Å². The van der Waals surface area contributed by atoms with Gasteiger partial charge in [0.15, 0.2) is 0 Å². The lowest BCUT2D eigenvalue weighted by atomic mass is 9.63. The summed E-state index contributed by atoms with van der Waals surface area (Å²) in [5, 5.41) is 8.29. The standard InChI is InChI=1S/C26H32N4O2/c1-15-8-17-10-16(2)24(18(9-15)11-17)29-25-21(26(27)31)13-28-30-14-19(12-22(25)30)20-6-4-5-7-23(20)32-3/h4-7,12-18,24,29H,8-11H2,1-3H3,(H2,27,31). The summed E-state index contributed by atoms with van der Waals surface area (Å²) in [6, 6.07) is 10.3. The van der Waals surface area contributed by atoms with Gasteiger partial charge in [-0.05, 0) is 61.5 Å². The van der Waals surface area contributed by atoms with Gasteiger partial charge >= 0.3 is 0 Å². The average molecular weight is 433 g/mol. The van der Waals surface area contributed by atoms with E-state index < -0.39 is 5.91 Å². The zero-order chi connectivity index (χ0) is 22.4. The maximum Gasteiger partial charge on any atom is 0.252 e. The lowest BCUT2D eigenvalue weighted by Crippen LogP contribution is -2.45. The molecule has 32 heavy (non-hydrogen) atoms. The Bertz CT molecular complexity index is 1150. The minimum Gasteiger partial charge on any atom is -0.496 e. The molecule has 0 radical (unpaired) electrons. The molecule has 2 aliphatic rings. The van der Waals surface area contributed by atoms with Gasteiger partial charge in [-0.2, -0.15) is 5.10 Å². The van der Waals surface area contributed by atoms with Crippen LogP contribution >= 0.6 is 0 Å². The van der Waals surface area contributed by atoms with Gasteiger partial charge in [-0.25, -0.2) is 4.52 Å². The summed E-state index contributed by atoms with van der Waals surface area (Å²) >= 11 is 0. The van der Waals surface area contributed by atoms with Gasteiger partial charge in [0.05, 0.1) is 30.1 Å². The summed E-state index contributed by atoms with van der Waals surface area (Å²) in [5.74, 6) is 3.09. The second-order valence-corrected chi connectivity index (χ2v) is 9.88. The van der Waals surface area contributed by atoms with Crippen molar-refractivity contribution in [3.63, 3.8) is 0 Å². The van der Waals surface area contributed by atoms with Crippen LogP contribution in [-0.4, -0.2) is 28.7 Å². The number of nitrogens with one attached hydrogen (secondary N) is 1. The van der Waals surface area contributed by atoms with E-state index >= 15 is 0 Å². The fraction of sp³-hybridized carbons (Fsp3) is 0.462. The molecule has 0 spiro atoms. The third kappa shape index (κ3) is 3.61. The number of fused-ring (bicyclic) bond motifs is 3. The summed E-state index contributed by atoms with van der Waals surface area (Å²) in [6.45, 7) is 4.71. The molecule has 2 heterocycles. The molecule has 3 N–H and O–H groups in total. The van der Waals surface area contributed by atoms with Crippen LogP contribution in [0.2, 0.25) is 0 Å². The molecule has 1 aromatic carbocycles. The van der Waals surface area contributed by atoms with Gasteiger partial charge < -0.3 is 15.8 Å². The molecule has 2 saturated carbocycles. The predicted molar refractivity (Wildman–Crippen MR) is 127 cm³/mol. The van der Waals surface area contributed by atoms with Crippen molar-refractivity contribution < 1.29 is 9.53 Å². The van der Waals surface area contributed by atoms with E-state index in [-0.39, 0.29) is 0 Å². The molecule has 5 rings (SSSR count). The van der Waals surface area contributed by atoms with E-state index in [1.54, 1.807) is 13.3 Å². The largest absolute Gasteiger partial charge is 0.496 e. The molecule has 1 amide bonds. The lowest BCUT2D eigenvalue weighted by molar-refractivity contribution is 0.0958. The van der Waals surface area contributed by atoms with Gasteiger partial charge in [0, 0.05) is 23.4 Å². The summed E-state index contributed by atoms with van der Waals surface area (Å²) < 4.78 is 7.39. The van der Waals surface area contributed by atoms with Crippen molar-refractivity contribution >= 4 is 17.1 Å². The topological polar surface area (TPSA) is 81.6 Å². The monoisotopic (exact) mass is 432 g/mol. The number of benzene rings is 1. The molecule has 2 aromatic heterocycles. The van der Waals surface area contributed by atoms with Crippen molar-refractivity contribution in [1.82, 2.24) is 9.61 Å². The summed E-state index contributed by atoms with van der Waals surface area (Å²) in [7, 11) is 1.67. The molecule has 6 nitrogen and oxygen atoms in total.